The van der Waals surface area contributed by atoms with Crippen molar-refractivity contribution in [1.82, 2.24) is 20.1 Å². The van der Waals surface area contributed by atoms with Crippen molar-refractivity contribution in [3.63, 3.8) is 0 Å². The Balaban J connectivity index is 1.69. The van der Waals surface area contributed by atoms with Gasteiger partial charge in [-0.3, -0.25) is 9.36 Å². The number of rotatable bonds is 5. The molecule has 3 rings (SSSR count). The second-order valence-electron chi connectivity index (χ2n) is 5.43. The number of nitrogens with one attached hydrogen (secondary N) is 1. The van der Waals surface area contributed by atoms with Gasteiger partial charge >= 0.3 is 0 Å². The van der Waals surface area contributed by atoms with Gasteiger partial charge in [-0.15, -0.1) is 10.2 Å². The van der Waals surface area contributed by atoms with Crippen LogP contribution in [-0.4, -0.2) is 39.0 Å². The van der Waals surface area contributed by atoms with Gasteiger partial charge in [0, 0.05) is 24.8 Å². The minimum absolute atomic E-state index is 0.0234. The normalized spacial score (nSPS) is 13.5. The average molecular weight is 317 g/mol. The lowest BCUT2D eigenvalue weighted by Gasteiger charge is -2.14. The molecule has 1 N–H and O–H groups in total. The third-order valence-corrected chi connectivity index (χ3v) is 4.30. The van der Waals surface area contributed by atoms with Crippen molar-refractivity contribution < 1.29 is 4.79 Å². The van der Waals surface area contributed by atoms with Crippen molar-refractivity contribution in [2.75, 3.05) is 17.2 Å². The molecule has 22 heavy (non-hydrogen) atoms. The van der Waals surface area contributed by atoms with Gasteiger partial charge in [-0.2, -0.15) is 0 Å². The van der Waals surface area contributed by atoms with E-state index in [9.17, 15) is 4.79 Å². The van der Waals surface area contributed by atoms with Gasteiger partial charge in [0.2, 0.25) is 11.9 Å². The number of carbonyl (C=O) groups is 1. The predicted molar refractivity (Wildman–Crippen MR) is 87.5 cm³/mol. The van der Waals surface area contributed by atoms with Gasteiger partial charge in [0.25, 0.3) is 0 Å². The molecule has 1 aliphatic heterocycles. The number of amides is 1. The third-order valence-electron chi connectivity index (χ3n) is 3.34. The highest BCUT2D eigenvalue weighted by Gasteiger charge is 2.26. The minimum Gasteiger partial charge on any atom is -0.353 e. The van der Waals surface area contributed by atoms with E-state index in [2.05, 4.69) is 37.1 Å². The number of fused-ring (bicyclic) bond motifs is 1. The molecule has 7 heteroatoms. The summed E-state index contributed by atoms with van der Waals surface area (Å²) in [7, 11) is 0. The number of thioether (sulfide) groups is 1. The Bertz CT molecular complexity index is 655. The van der Waals surface area contributed by atoms with Gasteiger partial charge in [-0.05, 0) is 26.0 Å². The summed E-state index contributed by atoms with van der Waals surface area (Å²) in [5, 5.41) is 12.2. The lowest BCUT2D eigenvalue weighted by molar-refractivity contribution is -0.119. The Morgan fingerprint density at radius 3 is 2.77 bits per heavy atom. The number of nitrogens with zero attached hydrogens (tertiary/aromatic N) is 4. The van der Waals surface area contributed by atoms with Crippen molar-refractivity contribution >= 4 is 29.3 Å². The van der Waals surface area contributed by atoms with E-state index >= 15 is 0 Å². The van der Waals surface area contributed by atoms with Crippen molar-refractivity contribution in [2.24, 2.45) is 0 Å². The molecule has 2 aromatic rings. The second kappa shape index (κ2) is 6.39. The third kappa shape index (κ3) is 3.09. The summed E-state index contributed by atoms with van der Waals surface area (Å²) in [5.41, 5.74) is 1.11. The van der Waals surface area contributed by atoms with Crippen LogP contribution in [0.1, 0.15) is 13.8 Å². The summed E-state index contributed by atoms with van der Waals surface area (Å²) in [5.74, 6) is 1.23. The summed E-state index contributed by atoms with van der Waals surface area (Å²) in [6.45, 7) is 5.62. The van der Waals surface area contributed by atoms with Gasteiger partial charge < -0.3 is 10.2 Å². The molecular weight excluding hydrogens is 298 g/mol. The summed E-state index contributed by atoms with van der Waals surface area (Å²) >= 11 is 1.43. The molecule has 116 valence electrons. The zero-order valence-corrected chi connectivity index (χ0v) is 13.5. The van der Waals surface area contributed by atoms with Crippen LogP contribution in [0.15, 0.2) is 35.5 Å². The van der Waals surface area contributed by atoms with Crippen LogP contribution in [0.2, 0.25) is 0 Å². The number of carbonyl (C=O) groups excluding carboxylic acids is 1. The number of para-hydroxylation sites is 1. The first-order valence-corrected chi connectivity index (χ1v) is 8.31. The summed E-state index contributed by atoms with van der Waals surface area (Å²) < 4.78 is 2.07. The molecule has 1 aromatic heterocycles. The number of aromatic nitrogens is 3. The zero-order valence-electron chi connectivity index (χ0n) is 12.7. The molecule has 6 nitrogen and oxygen atoms in total. The molecule has 0 bridgehead atoms. The van der Waals surface area contributed by atoms with Gasteiger partial charge in [0.1, 0.15) is 0 Å². The van der Waals surface area contributed by atoms with E-state index in [1.165, 1.54) is 11.8 Å². The van der Waals surface area contributed by atoms with Crippen LogP contribution in [-0.2, 0) is 11.3 Å². The van der Waals surface area contributed by atoms with Crippen molar-refractivity contribution in [1.29, 1.82) is 0 Å². The molecule has 1 amide bonds. The highest BCUT2D eigenvalue weighted by molar-refractivity contribution is 7.99. The first kappa shape index (κ1) is 14.9. The van der Waals surface area contributed by atoms with Crippen molar-refractivity contribution in [2.45, 2.75) is 31.6 Å². The van der Waals surface area contributed by atoms with Crippen LogP contribution >= 0.6 is 11.8 Å². The van der Waals surface area contributed by atoms with E-state index in [-0.39, 0.29) is 11.9 Å². The van der Waals surface area contributed by atoms with Gasteiger partial charge in [0.15, 0.2) is 5.16 Å². The fraction of sp³-hybridized carbons (Fsp3) is 0.400. The highest BCUT2D eigenvalue weighted by Crippen LogP contribution is 2.31. The smallest absolute Gasteiger partial charge is 0.232 e. The largest absolute Gasteiger partial charge is 0.353 e. The standard InChI is InChI=1S/C15H19N5OS/c1-11(2)16-13(21)10-22-15-18-17-14-19(8-9-20(14)15)12-6-4-3-5-7-12/h3-7,11H,8-10H2,1-2H3,(H,16,21). The van der Waals surface area contributed by atoms with Gasteiger partial charge in [-0.25, -0.2) is 0 Å². The Labute approximate surface area is 133 Å². The molecule has 0 atom stereocenters. The molecule has 0 aliphatic carbocycles. The van der Waals surface area contributed by atoms with Crippen LogP contribution < -0.4 is 10.2 Å². The molecule has 0 spiro atoms. The maximum atomic E-state index is 11.7. The van der Waals surface area contributed by atoms with Crippen LogP contribution in [0.4, 0.5) is 11.6 Å². The zero-order chi connectivity index (χ0) is 15.5. The number of anilines is 2. The molecule has 2 heterocycles. The van der Waals surface area contributed by atoms with Crippen LogP contribution in [0, 0.1) is 0 Å². The molecule has 0 saturated carbocycles. The SMILES string of the molecule is CC(C)NC(=O)CSc1nnc2n1CCN2c1ccccc1. The van der Waals surface area contributed by atoms with Crippen LogP contribution in [0.3, 0.4) is 0 Å². The molecule has 0 fully saturated rings. The molecule has 1 aliphatic rings. The first-order valence-electron chi connectivity index (χ1n) is 7.33. The van der Waals surface area contributed by atoms with Crippen LogP contribution in [0.5, 0.6) is 0 Å². The predicted octanol–water partition coefficient (Wildman–Crippen LogP) is 2.05. The topological polar surface area (TPSA) is 63.1 Å². The maximum absolute atomic E-state index is 11.7. The Kier molecular flexibility index (Phi) is 4.33. The van der Waals surface area contributed by atoms with Crippen LogP contribution in [0.25, 0.3) is 0 Å². The number of hydrogen-bond donors (Lipinski definition) is 1. The van der Waals surface area contributed by atoms with Gasteiger partial charge in [0.05, 0.1) is 5.75 Å². The van der Waals surface area contributed by atoms with Gasteiger partial charge in [-0.1, -0.05) is 30.0 Å². The van der Waals surface area contributed by atoms with E-state index in [1.807, 2.05) is 32.0 Å². The van der Waals surface area contributed by atoms with E-state index in [0.717, 1.165) is 29.9 Å². The summed E-state index contributed by atoms with van der Waals surface area (Å²) in [4.78, 5) is 13.9. The van der Waals surface area contributed by atoms with Crippen molar-refractivity contribution in [3.05, 3.63) is 30.3 Å². The van der Waals surface area contributed by atoms with E-state index in [0.29, 0.717) is 5.75 Å². The molecule has 1 aromatic carbocycles. The molecule has 0 saturated heterocycles. The monoisotopic (exact) mass is 317 g/mol. The quantitative estimate of drug-likeness (QED) is 0.855. The van der Waals surface area contributed by atoms with E-state index < -0.39 is 0 Å². The lowest BCUT2D eigenvalue weighted by Crippen LogP contribution is -2.31. The van der Waals surface area contributed by atoms with E-state index in [1.54, 1.807) is 0 Å². The first-order chi connectivity index (χ1) is 10.6. The average Bonchev–Trinajstić information content (AvgIpc) is 3.07. The molecular formula is C15H19N5OS. The Hall–Kier alpha value is -2.02. The molecule has 0 radical (unpaired) electrons. The highest BCUT2D eigenvalue weighted by atomic mass is 32.2. The van der Waals surface area contributed by atoms with Crippen molar-refractivity contribution in [3.8, 4) is 0 Å². The minimum atomic E-state index is 0.0234. The Morgan fingerprint density at radius 1 is 1.27 bits per heavy atom. The summed E-state index contributed by atoms with van der Waals surface area (Å²) in [6.07, 6.45) is 0. The summed E-state index contributed by atoms with van der Waals surface area (Å²) in [6, 6.07) is 10.3. The fourth-order valence-corrected chi connectivity index (χ4v) is 3.20. The fourth-order valence-electron chi connectivity index (χ4n) is 2.43. The molecule has 0 unspecified atom stereocenters. The number of benzene rings is 1. The maximum Gasteiger partial charge on any atom is 0.232 e. The van der Waals surface area contributed by atoms with E-state index in [4.69, 9.17) is 0 Å². The lowest BCUT2D eigenvalue weighted by atomic mass is 10.3. The number of hydrogen-bond acceptors (Lipinski definition) is 5. The second-order valence-corrected chi connectivity index (χ2v) is 6.37. The Morgan fingerprint density at radius 2 is 2.05 bits per heavy atom.